The number of carbonyl (C=O) groups is 2. The maximum Gasteiger partial charge on any atom is 0.335 e. The second-order valence-corrected chi connectivity index (χ2v) is 4.77. The van der Waals surface area contributed by atoms with Crippen molar-refractivity contribution in [3.63, 3.8) is 0 Å². The summed E-state index contributed by atoms with van der Waals surface area (Å²) < 4.78 is 0. The summed E-state index contributed by atoms with van der Waals surface area (Å²) in [5, 5.41) is 9.69. The first-order valence-electron chi connectivity index (χ1n) is 6.33. The molecule has 2 aromatic rings. The van der Waals surface area contributed by atoms with Gasteiger partial charge in [0.25, 0.3) is 0 Å². The Hall–Kier alpha value is -2.62. The maximum atomic E-state index is 12.0. The molecule has 1 atom stereocenters. The summed E-state index contributed by atoms with van der Waals surface area (Å²) in [6.07, 6.45) is -0.0127. The lowest BCUT2D eigenvalue weighted by Crippen LogP contribution is -2.65. The predicted molar refractivity (Wildman–Crippen MR) is 74.3 cm³/mol. The molecule has 0 aliphatic carbocycles. The van der Waals surface area contributed by atoms with E-state index in [0.29, 0.717) is 11.3 Å². The average molecular weight is 267 g/mol. The first-order valence-corrected chi connectivity index (χ1v) is 6.33. The SMILES string of the molecule is O=C1C[C@](C(=O)O)(c2ccccc2)N1c1ccccc1. The molecule has 1 aliphatic rings. The Morgan fingerprint density at radius 1 is 1.00 bits per heavy atom. The zero-order chi connectivity index (χ0) is 14.2. The lowest BCUT2D eigenvalue weighted by molar-refractivity contribution is -0.152. The van der Waals surface area contributed by atoms with Crippen LogP contribution in [0.2, 0.25) is 0 Å². The number of carboxylic acids is 1. The van der Waals surface area contributed by atoms with E-state index in [4.69, 9.17) is 0 Å². The molecule has 1 saturated heterocycles. The number of β-lactam (4-membered cyclic amide) rings is 1. The van der Waals surface area contributed by atoms with Crippen LogP contribution in [0.1, 0.15) is 12.0 Å². The second-order valence-electron chi connectivity index (χ2n) is 4.77. The number of anilines is 1. The molecule has 0 aromatic heterocycles. The van der Waals surface area contributed by atoms with Gasteiger partial charge < -0.3 is 5.11 Å². The fourth-order valence-electron chi connectivity index (χ4n) is 2.68. The van der Waals surface area contributed by atoms with Crippen molar-refractivity contribution >= 4 is 17.6 Å². The maximum absolute atomic E-state index is 12.0. The molecule has 1 heterocycles. The van der Waals surface area contributed by atoms with Gasteiger partial charge in [-0.3, -0.25) is 9.69 Å². The average Bonchev–Trinajstić information content (AvgIpc) is 2.46. The summed E-state index contributed by atoms with van der Waals surface area (Å²) in [5.41, 5.74) is -0.0642. The van der Waals surface area contributed by atoms with Gasteiger partial charge in [-0.05, 0) is 17.7 Å². The van der Waals surface area contributed by atoms with E-state index < -0.39 is 11.5 Å². The molecule has 4 nitrogen and oxygen atoms in total. The number of carboxylic acid groups (broad SMARTS) is 1. The van der Waals surface area contributed by atoms with E-state index in [1.54, 1.807) is 48.5 Å². The molecule has 20 heavy (non-hydrogen) atoms. The minimum Gasteiger partial charge on any atom is -0.479 e. The Labute approximate surface area is 116 Å². The van der Waals surface area contributed by atoms with Crippen molar-refractivity contribution < 1.29 is 14.7 Å². The lowest BCUT2D eigenvalue weighted by Gasteiger charge is -2.49. The molecule has 0 bridgehead atoms. The van der Waals surface area contributed by atoms with E-state index >= 15 is 0 Å². The molecule has 2 aromatic carbocycles. The summed E-state index contributed by atoms with van der Waals surface area (Å²) in [6.45, 7) is 0. The third-order valence-electron chi connectivity index (χ3n) is 3.66. The van der Waals surface area contributed by atoms with Crippen LogP contribution < -0.4 is 4.90 Å². The summed E-state index contributed by atoms with van der Waals surface area (Å²) in [7, 11) is 0. The molecular formula is C16H13NO3. The molecular weight excluding hydrogens is 254 g/mol. The van der Waals surface area contributed by atoms with Crippen molar-refractivity contribution in [1.29, 1.82) is 0 Å². The van der Waals surface area contributed by atoms with Crippen molar-refractivity contribution in [3.05, 3.63) is 66.2 Å². The molecule has 1 N–H and O–H groups in total. The molecule has 0 unspecified atom stereocenters. The van der Waals surface area contributed by atoms with Crippen molar-refractivity contribution in [2.75, 3.05) is 4.90 Å². The standard InChI is InChI=1S/C16H13NO3/c18-14-11-16(15(19)20,12-7-3-1-4-8-12)17(14)13-9-5-2-6-10-13/h1-10H,11H2,(H,19,20)/t16-/m1/s1. The molecule has 4 heteroatoms. The van der Waals surface area contributed by atoms with Gasteiger partial charge in [0.05, 0.1) is 6.42 Å². The summed E-state index contributed by atoms with van der Waals surface area (Å²) in [6, 6.07) is 17.8. The van der Waals surface area contributed by atoms with Gasteiger partial charge in [-0.1, -0.05) is 48.5 Å². The summed E-state index contributed by atoms with van der Waals surface area (Å²) >= 11 is 0. The van der Waals surface area contributed by atoms with Gasteiger partial charge in [-0.25, -0.2) is 4.79 Å². The summed E-state index contributed by atoms with van der Waals surface area (Å²) in [5.74, 6) is -1.19. The van der Waals surface area contributed by atoms with E-state index in [9.17, 15) is 14.7 Å². The fraction of sp³-hybridized carbons (Fsp3) is 0.125. The molecule has 1 aliphatic heterocycles. The third-order valence-corrected chi connectivity index (χ3v) is 3.66. The number of benzene rings is 2. The van der Waals surface area contributed by atoms with Crippen LogP contribution in [0.15, 0.2) is 60.7 Å². The van der Waals surface area contributed by atoms with Gasteiger partial charge in [0.1, 0.15) is 0 Å². The first-order chi connectivity index (χ1) is 9.66. The topological polar surface area (TPSA) is 57.6 Å². The number of amides is 1. The number of rotatable bonds is 3. The monoisotopic (exact) mass is 267 g/mol. The van der Waals surface area contributed by atoms with Crippen molar-refractivity contribution in [1.82, 2.24) is 0 Å². The van der Waals surface area contributed by atoms with Crippen LogP contribution in [0.25, 0.3) is 0 Å². The van der Waals surface area contributed by atoms with Crippen LogP contribution in [0, 0.1) is 0 Å². The molecule has 3 rings (SSSR count). The van der Waals surface area contributed by atoms with Gasteiger partial charge >= 0.3 is 5.97 Å². The zero-order valence-electron chi connectivity index (χ0n) is 10.7. The third kappa shape index (κ3) is 1.61. The van der Waals surface area contributed by atoms with Crippen LogP contribution in [-0.4, -0.2) is 17.0 Å². The highest BCUT2D eigenvalue weighted by atomic mass is 16.4. The highest BCUT2D eigenvalue weighted by Gasteiger charge is 2.58. The Bertz CT molecular complexity index is 654. The Kier molecular flexibility index (Phi) is 2.79. The number of para-hydroxylation sites is 1. The quantitative estimate of drug-likeness (QED) is 0.869. The number of nitrogens with zero attached hydrogens (tertiary/aromatic N) is 1. The van der Waals surface area contributed by atoms with E-state index in [2.05, 4.69) is 0 Å². The molecule has 100 valence electrons. The highest BCUT2D eigenvalue weighted by Crippen LogP contribution is 2.44. The molecule has 1 fully saturated rings. The normalized spacial score (nSPS) is 21.4. The van der Waals surface area contributed by atoms with E-state index in [0.717, 1.165) is 0 Å². The molecule has 0 saturated carbocycles. The van der Waals surface area contributed by atoms with Crippen molar-refractivity contribution in [2.45, 2.75) is 12.0 Å². The van der Waals surface area contributed by atoms with Crippen molar-refractivity contribution in [2.24, 2.45) is 0 Å². The smallest absolute Gasteiger partial charge is 0.335 e. The zero-order valence-corrected chi connectivity index (χ0v) is 10.7. The van der Waals surface area contributed by atoms with Crippen LogP contribution in [-0.2, 0) is 15.1 Å². The lowest BCUT2D eigenvalue weighted by atomic mass is 9.77. The van der Waals surface area contributed by atoms with Gasteiger partial charge in [0.15, 0.2) is 5.54 Å². The number of carbonyl (C=O) groups excluding carboxylic acids is 1. The minimum atomic E-state index is -1.29. The van der Waals surface area contributed by atoms with Crippen LogP contribution in [0.3, 0.4) is 0 Å². The van der Waals surface area contributed by atoms with Crippen molar-refractivity contribution in [3.8, 4) is 0 Å². The molecule has 0 spiro atoms. The van der Waals surface area contributed by atoms with Gasteiger partial charge in [0, 0.05) is 5.69 Å². The van der Waals surface area contributed by atoms with Gasteiger partial charge in [-0.15, -0.1) is 0 Å². The highest BCUT2D eigenvalue weighted by molar-refractivity contribution is 6.12. The van der Waals surface area contributed by atoms with Crippen LogP contribution >= 0.6 is 0 Å². The second kappa shape index (κ2) is 4.49. The number of aliphatic carboxylic acids is 1. The van der Waals surface area contributed by atoms with E-state index in [1.807, 2.05) is 12.1 Å². The van der Waals surface area contributed by atoms with E-state index in [1.165, 1.54) is 4.90 Å². The molecule has 1 amide bonds. The van der Waals surface area contributed by atoms with E-state index in [-0.39, 0.29) is 12.3 Å². The minimum absolute atomic E-state index is 0.0127. The Morgan fingerprint density at radius 3 is 2.05 bits per heavy atom. The summed E-state index contributed by atoms with van der Waals surface area (Å²) in [4.78, 5) is 25.2. The van der Waals surface area contributed by atoms with Crippen LogP contribution in [0.5, 0.6) is 0 Å². The predicted octanol–water partition coefficient (Wildman–Crippen LogP) is 2.40. The number of hydrogen-bond donors (Lipinski definition) is 1. The first kappa shape index (κ1) is 12.4. The number of hydrogen-bond acceptors (Lipinski definition) is 2. The van der Waals surface area contributed by atoms with Gasteiger partial charge in [0.2, 0.25) is 5.91 Å². The van der Waals surface area contributed by atoms with Gasteiger partial charge in [-0.2, -0.15) is 0 Å². The fourth-order valence-corrected chi connectivity index (χ4v) is 2.68. The molecule has 0 radical (unpaired) electrons. The Balaban J connectivity index is 2.13. The van der Waals surface area contributed by atoms with Crippen LogP contribution in [0.4, 0.5) is 5.69 Å². The largest absolute Gasteiger partial charge is 0.479 e. The Morgan fingerprint density at radius 2 is 1.55 bits per heavy atom.